The zero-order chi connectivity index (χ0) is 40.0. The summed E-state index contributed by atoms with van der Waals surface area (Å²) in [6.45, 7) is 4.70. The molecule has 0 N–H and O–H groups in total. The van der Waals surface area contributed by atoms with E-state index < -0.39 is 0 Å². The summed E-state index contributed by atoms with van der Waals surface area (Å²) >= 11 is 0. The number of rotatable bonds is 6. The Bertz CT molecular complexity index is 3440. The van der Waals surface area contributed by atoms with E-state index in [1.54, 1.807) is 0 Å². The maximum atomic E-state index is 6.28. The zero-order valence-electron chi connectivity index (χ0n) is 33.4. The van der Waals surface area contributed by atoms with Crippen LogP contribution < -0.4 is 4.90 Å². The maximum absolute atomic E-state index is 6.28. The van der Waals surface area contributed by atoms with Crippen molar-refractivity contribution < 1.29 is 4.42 Å². The standard InChI is InChI=1S/C57H40N2O/c1-57(2)48-20-9-6-17-46(48)56-49(57)21-13-24-52(56)58(41-31-26-37(27-32-41)39-30-35-45-44-16-8-11-25-53(44)60-54(45)36-39)42-33-28-38(29-34-42)43-19-12-23-51-55(43)47-18-7-10-22-50(47)59(51)40-14-4-3-5-15-40/h3-36H,1-2H3. The van der Waals surface area contributed by atoms with Crippen molar-refractivity contribution in [2.75, 3.05) is 4.90 Å². The number of fused-ring (bicyclic) bond motifs is 9. The Kier molecular flexibility index (Phi) is 7.58. The second kappa shape index (κ2) is 13.2. The lowest BCUT2D eigenvalue weighted by Crippen LogP contribution is -2.16. The first-order valence-corrected chi connectivity index (χ1v) is 20.8. The molecule has 3 nitrogen and oxygen atoms in total. The zero-order valence-corrected chi connectivity index (χ0v) is 33.4. The molecule has 2 aromatic heterocycles. The van der Waals surface area contributed by atoms with Crippen molar-refractivity contribution in [1.82, 2.24) is 4.57 Å². The molecular weight excluding hydrogens is 729 g/mol. The SMILES string of the molecule is CC1(C)c2ccccc2-c2c(N(c3ccc(-c4ccc5c(c4)oc4ccccc45)cc3)c3ccc(-c4cccc5c4c4ccccc4n5-c4ccccc4)cc3)cccc21. The first-order valence-electron chi connectivity index (χ1n) is 20.8. The number of para-hydroxylation sites is 3. The molecule has 1 aliphatic carbocycles. The molecule has 0 unspecified atom stereocenters. The summed E-state index contributed by atoms with van der Waals surface area (Å²) in [5.74, 6) is 0. The Morgan fingerprint density at radius 2 is 1.03 bits per heavy atom. The topological polar surface area (TPSA) is 21.3 Å². The maximum Gasteiger partial charge on any atom is 0.136 e. The van der Waals surface area contributed by atoms with Crippen LogP contribution in [0.25, 0.3) is 82.8 Å². The van der Waals surface area contributed by atoms with Gasteiger partial charge in [-0.25, -0.2) is 0 Å². The lowest BCUT2D eigenvalue weighted by Gasteiger charge is -2.29. The molecule has 0 aliphatic heterocycles. The quantitative estimate of drug-likeness (QED) is 0.168. The van der Waals surface area contributed by atoms with Gasteiger partial charge in [-0.15, -0.1) is 0 Å². The molecule has 0 saturated heterocycles. The highest BCUT2D eigenvalue weighted by molar-refractivity contribution is 6.16. The van der Waals surface area contributed by atoms with Crippen molar-refractivity contribution in [2.24, 2.45) is 0 Å². The van der Waals surface area contributed by atoms with Crippen LogP contribution in [0.5, 0.6) is 0 Å². The molecule has 0 atom stereocenters. The molecular formula is C57H40N2O. The summed E-state index contributed by atoms with van der Waals surface area (Å²) in [7, 11) is 0. The molecule has 0 amide bonds. The minimum Gasteiger partial charge on any atom is -0.456 e. The fourth-order valence-corrected chi connectivity index (χ4v) is 9.96. The van der Waals surface area contributed by atoms with Crippen LogP contribution in [0.1, 0.15) is 25.0 Å². The third-order valence-electron chi connectivity index (χ3n) is 12.8. The molecule has 9 aromatic carbocycles. The first-order chi connectivity index (χ1) is 29.5. The van der Waals surface area contributed by atoms with Crippen LogP contribution in [0.2, 0.25) is 0 Å². The van der Waals surface area contributed by atoms with Gasteiger partial charge in [0, 0.05) is 49.6 Å². The molecule has 1 aliphatic rings. The third-order valence-corrected chi connectivity index (χ3v) is 12.8. The Morgan fingerprint density at radius 1 is 0.433 bits per heavy atom. The van der Waals surface area contributed by atoms with Crippen LogP contribution in [0.15, 0.2) is 211 Å². The molecule has 3 heteroatoms. The number of benzene rings is 9. The summed E-state index contributed by atoms with van der Waals surface area (Å²) in [5.41, 5.74) is 18.6. The molecule has 0 saturated carbocycles. The second-order valence-corrected chi connectivity index (χ2v) is 16.5. The fourth-order valence-electron chi connectivity index (χ4n) is 9.96. The Balaban J connectivity index is 1.00. The number of hydrogen-bond donors (Lipinski definition) is 0. The van der Waals surface area contributed by atoms with Crippen LogP contribution in [-0.2, 0) is 5.41 Å². The molecule has 12 rings (SSSR count). The van der Waals surface area contributed by atoms with E-state index in [9.17, 15) is 0 Å². The molecule has 0 fully saturated rings. The minimum absolute atomic E-state index is 0.117. The van der Waals surface area contributed by atoms with Crippen molar-refractivity contribution >= 4 is 60.8 Å². The average molecular weight is 769 g/mol. The van der Waals surface area contributed by atoms with E-state index in [1.165, 1.54) is 60.9 Å². The summed E-state index contributed by atoms with van der Waals surface area (Å²) < 4.78 is 8.67. The van der Waals surface area contributed by atoms with E-state index in [0.717, 1.165) is 50.1 Å². The van der Waals surface area contributed by atoms with Gasteiger partial charge in [-0.05, 0) is 112 Å². The highest BCUT2D eigenvalue weighted by atomic mass is 16.3. The molecule has 11 aromatic rings. The smallest absolute Gasteiger partial charge is 0.136 e. The van der Waals surface area contributed by atoms with E-state index in [2.05, 4.69) is 217 Å². The summed E-state index contributed by atoms with van der Waals surface area (Å²) in [6, 6.07) is 74.9. The molecule has 60 heavy (non-hydrogen) atoms. The van der Waals surface area contributed by atoms with Gasteiger partial charge < -0.3 is 13.9 Å². The lowest BCUT2D eigenvalue weighted by atomic mass is 9.82. The molecule has 0 bridgehead atoms. The number of anilines is 3. The van der Waals surface area contributed by atoms with Crippen LogP contribution in [0, 0.1) is 0 Å². The first kappa shape index (κ1) is 34.4. The van der Waals surface area contributed by atoms with Gasteiger partial charge in [-0.2, -0.15) is 0 Å². The monoisotopic (exact) mass is 768 g/mol. The van der Waals surface area contributed by atoms with Crippen molar-refractivity contribution in [3.63, 3.8) is 0 Å². The molecule has 0 spiro atoms. The van der Waals surface area contributed by atoms with Crippen LogP contribution in [0.3, 0.4) is 0 Å². The van der Waals surface area contributed by atoms with Gasteiger partial charge in [-0.1, -0.05) is 147 Å². The number of aromatic nitrogens is 1. The Labute approximate surface area is 349 Å². The van der Waals surface area contributed by atoms with Gasteiger partial charge in [-0.3, -0.25) is 0 Å². The molecule has 284 valence electrons. The van der Waals surface area contributed by atoms with Crippen molar-refractivity contribution in [3.05, 3.63) is 217 Å². The second-order valence-electron chi connectivity index (χ2n) is 16.5. The fraction of sp³-hybridized carbons (Fsp3) is 0.0526. The molecule has 2 heterocycles. The van der Waals surface area contributed by atoms with Crippen molar-refractivity contribution in [1.29, 1.82) is 0 Å². The van der Waals surface area contributed by atoms with E-state index in [1.807, 2.05) is 12.1 Å². The van der Waals surface area contributed by atoms with Crippen LogP contribution >= 0.6 is 0 Å². The minimum atomic E-state index is -0.117. The van der Waals surface area contributed by atoms with Crippen molar-refractivity contribution in [3.8, 4) is 39.1 Å². The lowest BCUT2D eigenvalue weighted by molar-refractivity contribution is 0.660. The van der Waals surface area contributed by atoms with Crippen molar-refractivity contribution in [2.45, 2.75) is 19.3 Å². The van der Waals surface area contributed by atoms with Gasteiger partial charge in [0.05, 0.1) is 16.7 Å². The summed E-state index contributed by atoms with van der Waals surface area (Å²) in [6.07, 6.45) is 0. The number of hydrogen-bond acceptors (Lipinski definition) is 2. The highest BCUT2D eigenvalue weighted by Gasteiger charge is 2.37. The van der Waals surface area contributed by atoms with Gasteiger partial charge in [0.25, 0.3) is 0 Å². The highest BCUT2D eigenvalue weighted by Crippen LogP contribution is 2.54. The van der Waals surface area contributed by atoms with E-state index in [4.69, 9.17) is 4.42 Å². The largest absolute Gasteiger partial charge is 0.456 e. The summed E-state index contributed by atoms with van der Waals surface area (Å²) in [4.78, 5) is 2.44. The van der Waals surface area contributed by atoms with Gasteiger partial charge >= 0.3 is 0 Å². The Hall–Kier alpha value is -7.62. The van der Waals surface area contributed by atoms with Gasteiger partial charge in [0.1, 0.15) is 11.2 Å². The average Bonchev–Trinajstić information content (AvgIpc) is 3.93. The van der Waals surface area contributed by atoms with Crippen LogP contribution in [0.4, 0.5) is 17.1 Å². The van der Waals surface area contributed by atoms with Gasteiger partial charge in [0.2, 0.25) is 0 Å². The normalized spacial score (nSPS) is 13.0. The number of nitrogens with zero attached hydrogens (tertiary/aromatic N) is 2. The van der Waals surface area contributed by atoms with E-state index >= 15 is 0 Å². The van der Waals surface area contributed by atoms with E-state index in [0.29, 0.717) is 0 Å². The predicted octanol–water partition coefficient (Wildman–Crippen LogP) is 15.8. The van der Waals surface area contributed by atoms with Crippen LogP contribution in [-0.4, -0.2) is 4.57 Å². The summed E-state index contributed by atoms with van der Waals surface area (Å²) in [5, 5.41) is 4.79. The third kappa shape index (κ3) is 5.15. The Morgan fingerprint density at radius 3 is 1.85 bits per heavy atom. The number of furan rings is 1. The molecule has 0 radical (unpaired) electrons. The van der Waals surface area contributed by atoms with E-state index in [-0.39, 0.29) is 5.41 Å². The predicted molar refractivity (Wildman–Crippen MR) is 251 cm³/mol. The van der Waals surface area contributed by atoms with Gasteiger partial charge in [0.15, 0.2) is 0 Å².